The number of morpholine rings is 1. The van der Waals surface area contributed by atoms with Crippen molar-refractivity contribution in [2.75, 3.05) is 31.0 Å². The van der Waals surface area contributed by atoms with Crippen molar-refractivity contribution < 1.29 is 22.7 Å². The van der Waals surface area contributed by atoms with E-state index in [1.165, 1.54) is 12.1 Å². The van der Waals surface area contributed by atoms with Gasteiger partial charge in [0.15, 0.2) is 6.10 Å². The van der Waals surface area contributed by atoms with E-state index in [1.807, 2.05) is 12.1 Å². The molecule has 0 spiro atoms. The van der Waals surface area contributed by atoms with Crippen molar-refractivity contribution in [3.63, 3.8) is 0 Å². The second kappa shape index (κ2) is 9.10. The summed E-state index contributed by atoms with van der Waals surface area (Å²) in [5.74, 6) is 0.322. The number of carbonyl (C=O) groups excluding carboxylic acids is 1. The minimum absolute atomic E-state index is 0.111. The molecular formula is C19H21IN2O5S. The van der Waals surface area contributed by atoms with Gasteiger partial charge in [-0.2, -0.15) is 0 Å². The van der Waals surface area contributed by atoms with Gasteiger partial charge in [0.2, 0.25) is 0 Å². The third-order valence-electron chi connectivity index (χ3n) is 4.21. The first-order valence-corrected chi connectivity index (χ1v) is 11.3. The molecule has 150 valence electrons. The van der Waals surface area contributed by atoms with Crippen LogP contribution in [0, 0.1) is 3.57 Å². The lowest BCUT2D eigenvalue weighted by Crippen LogP contribution is -2.46. The van der Waals surface area contributed by atoms with Gasteiger partial charge in [-0.15, -0.1) is 0 Å². The van der Waals surface area contributed by atoms with E-state index in [-0.39, 0.29) is 10.8 Å². The molecule has 2 aromatic rings. The molecule has 0 saturated carbocycles. The van der Waals surface area contributed by atoms with Crippen LogP contribution in [0.4, 0.5) is 5.69 Å². The highest BCUT2D eigenvalue weighted by Gasteiger charge is 2.24. The summed E-state index contributed by atoms with van der Waals surface area (Å²) in [6, 6.07) is 13.1. The minimum Gasteiger partial charge on any atom is -0.481 e. The van der Waals surface area contributed by atoms with Gasteiger partial charge in [-0.1, -0.05) is 0 Å². The molecule has 1 atom stereocenters. The van der Waals surface area contributed by atoms with Gasteiger partial charge in [0, 0.05) is 22.3 Å². The quantitative estimate of drug-likeness (QED) is 0.598. The maximum Gasteiger partial charge on any atom is 0.263 e. The molecule has 1 fully saturated rings. The molecule has 1 saturated heterocycles. The molecule has 0 radical (unpaired) electrons. The van der Waals surface area contributed by atoms with Crippen LogP contribution in [0.1, 0.15) is 6.92 Å². The van der Waals surface area contributed by atoms with Gasteiger partial charge in [0.1, 0.15) is 5.75 Å². The fraction of sp³-hybridized carbons (Fsp3) is 0.316. The molecule has 1 N–H and O–H groups in total. The minimum atomic E-state index is -3.70. The number of rotatable bonds is 6. The van der Waals surface area contributed by atoms with Crippen molar-refractivity contribution in [1.29, 1.82) is 0 Å². The smallest absolute Gasteiger partial charge is 0.263 e. The fourth-order valence-corrected chi connectivity index (χ4v) is 4.14. The van der Waals surface area contributed by atoms with E-state index in [1.54, 1.807) is 36.1 Å². The Hall–Kier alpha value is -1.85. The van der Waals surface area contributed by atoms with E-state index >= 15 is 0 Å². The van der Waals surface area contributed by atoms with Gasteiger partial charge in [0.25, 0.3) is 15.9 Å². The van der Waals surface area contributed by atoms with E-state index in [0.717, 1.165) is 3.57 Å². The number of hydrogen-bond donors (Lipinski definition) is 1. The Balaban J connectivity index is 1.63. The number of halogens is 1. The standard InChI is InChI=1S/C19H21IN2O5S/c1-14(19(23)22-10-12-26-13-11-22)27-17-6-8-18(9-7-17)28(24,25)21-16-4-2-15(20)3-5-16/h2-9,14,21H,10-13H2,1H3/t14-/m1/s1. The predicted octanol–water partition coefficient (Wildman–Crippen LogP) is 2.72. The van der Waals surface area contributed by atoms with E-state index in [9.17, 15) is 13.2 Å². The molecule has 1 aliphatic rings. The summed E-state index contributed by atoms with van der Waals surface area (Å²) in [4.78, 5) is 14.2. The Kier molecular flexibility index (Phi) is 6.78. The molecule has 0 bridgehead atoms. The summed E-state index contributed by atoms with van der Waals surface area (Å²) in [6.07, 6.45) is -0.662. The summed E-state index contributed by atoms with van der Waals surface area (Å²) in [6.45, 7) is 3.83. The average molecular weight is 516 g/mol. The second-order valence-corrected chi connectivity index (χ2v) is 9.21. The largest absolute Gasteiger partial charge is 0.481 e. The van der Waals surface area contributed by atoms with Gasteiger partial charge in [0.05, 0.1) is 18.1 Å². The highest BCUT2D eigenvalue weighted by Crippen LogP contribution is 2.21. The van der Waals surface area contributed by atoms with Crippen LogP contribution in [-0.2, 0) is 19.6 Å². The molecule has 28 heavy (non-hydrogen) atoms. The van der Waals surface area contributed by atoms with Crippen LogP contribution in [0.15, 0.2) is 53.4 Å². The van der Waals surface area contributed by atoms with Crippen LogP contribution < -0.4 is 9.46 Å². The molecule has 0 unspecified atom stereocenters. The van der Waals surface area contributed by atoms with Crippen molar-refractivity contribution >= 4 is 44.2 Å². The van der Waals surface area contributed by atoms with Crippen LogP contribution in [0.3, 0.4) is 0 Å². The predicted molar refractivity (Wildman–Crippen MR) is 114 cm³/mol. The zero-order valence-corrected chi connectivity index (χ0v) is 18.3. The normalized spacial score (nSPS) is 15.7. The number of anilines is 1. The molecule has 1 heterocycles. The van der Waals surface area contributed by atoms with E-state index < -0.39 is 16.1 Å². The zero-order valence-electron chi connectivity index (χ0n) is 15.3. The molecule has 3 rings (SSSR count). The van der Waals surface area contributed by atoms with Gasteiger partial charge in [-0.05, 0) is 78.0 Å². The Morgan fingerprint density at radius 3 is 2.32 bits per heavy atom. The highest BCUT2D eigenvalue weighted by atomic mass is 127. The lowest BCUT2D eigenvalue weighted by Gasteiger charge is -2.29. The molecule has 0 aromatic heterocycles. The van der Waals surface area contributed by atoms with Crippen LogP contribution in [-0.4, -0.2) is 51.6 Å². The number of amides is 1. The number of nitrogens with zero attached hydrogens (tertiary/aromatic N) is 1. The van der Waals surface area contributed by atoms with Gasteiger partial charge >= 0.3 is 0 Å². The lowest BCUT2D eigenvalue weighted by molar-refractivity contribution is -0.142. The first-order chi connectivity index (χ1) is 13.3. The topological polar surface area (TPSA) is 84.9 Å². The summed E-state index contributed by atoms with van der Waals surface area (Å²) in [5, 5.41) is 0. The maximum atomic E-state index is 12.5. The monoisotopic (exact) mass is 516 g/mol. The van der Waals surface area contributed by atoms with Crippen molar-refractivity contribution in [2.45, 2.75) is 17.9 Å². The zero-order chi connectivity index (χ0) is 20.1. The lowest BCUT2D eigenvalue weighted by atomic mass is 10.3. The number of sulfonamides is 1. The SMILES string of the molecule is C[C@@H](Oc1ccc(S(=O)(=O)Nc2ccc(I)cc2)cc1)C(=O)N1CCOCC1. The number of ether oxygens (including phenoxy) is 2. The van der Waals surface area contributed by atoms with Crippen molar-refractivity contribution in [3.05, 3.63) is 52.1 Å². The number of carbonyl (C=O) groups is 1. The second-order valence-electron chi connectivity index (χ2n) is 6.28. The highest BCUT2D eigenvalue weighted by molar-refractivity contribution is 14.1. The Bertz CT molecular complexity index is 910. The molecule has 0 aliphatic carbocycles. The van der Waals surface area contributed by atoms with Gasteiger partial charge < -0.3 is 14.4 Å². The van der Waals surface area contributed by atoms with E-state index in [4.69, 9.17) is 9.47 Å². The molecule has 7 nitrogen and oxygen atoms in total. The Labute approximate surface area is 178 Å². The van der Waals surface area contributed by atoms with Crippen molar-refractivity contribution in [3.8, 4) is 5.75 Å². The number of benzene rings is 2. The van der Waals surface area contributed by atoms with E-state index in [0.29, 0.717) is 37.7 Å². The average Bonchev–Trinajstić information content (AvgIpc) is 2.70. The first kappa shape index (κ1) is 20.9. The summed E-state index contributed by atoms with van der Waals surface area (Å²) >= 11 is 2.15. The van der Waals surface area contributed by atoms with Crippen LogP contribution >= 0.6 is 22.6 Å². The fourth-order valence-electron chi connectivity index (χ4n) is 2.72. The summed E-state index contributed by atoms with van der Waals surface area (Å²) in [5.41, 5.74) is 0.491. The van der Waals surface area contributed by atoms with Crippen LogP contribution in [0.25, 0.3) is 0 Å². The Morgan fingerprint density at radius 1 is 1.11 bits per heavy atom. The molecule has 1 aliphatic heterocycles. The van der Waals surface area contributed by atoms with Crippen LogP contribution in [0.2, 0.25) is 0 Å². The number of hydrogen-bond acceptors (Lipinski definition) is 5. The maximum absolute atomic E-state index is 12.5. The molecule has 2 aromatic carbocycles. The van der Waals surface area contributed by atoms with E-state index in [2.05, 4.69) is 27.3 Å². The summed E-state index contributed by atoms with van der Waals surface area (Å²) in [7, 11) is -3.70. The van der Waals surface area contributed by atoms with Gasteiger partial charge in [-0.3, -0.25) is 9.52 Å². The summed E-state index contributed by atoms with van der Waals surface area (Å²) < 4.78 is 39.5. The molecule has 9 heteroatoms. The number of nitrogens with one attached hydrogen (secondary N) is 1. The first-order valence-electron chi connectivity index (χ1n) is 8.77. The Morgan fingerprint density at radius 2 is 1.71 bits per heavy atom. The molecule has 1 amide bonds. The molecular weight excluding hydrogens is 495 g/mol. The van der Waals surface area contributed by atoms with Crippen molar-refractivity contribution in [2.24, 2.45) is 0 Å². The third-order valence-corrected chi connectivity index (χ3v) is 6.33. The van der Waals surface area contributed by atoms with Crippen molar-refractivity contribution in [1.82, 2.24) is 4.90 Å². The third kappa shape index (κ3) is 5.36. The van der Waals surface area contributed by atoms with Crippen LogP contribution in [0.5, 0.6) is 5.75 Å². The van der Waals surface area contributed by atoms with Gasteiger partial charge in [-0.25, -0.2) is 8.42 Å².